The minimum Gasteiger partial charge on any atom is -0.310 e. The van der Waals surface area contributed by atoms with Gasteiger partial charge in [-0.1, -0.05) is 12.1 Å². The quantitative estimate of drug-likeness (QED) is 0.884. The Balaban J connectivity index is 2.00. The molecule has 0 spiro atoms. The lowest BCUT2D eigenvalue weighted by molar-refractivity contribution is -0.115. The van der Waals surface area contributed by atoms with Crippen LogP contribution >= 0.6 is 11.3 Å². The van der Waals surface area contributed by atoms with E-state index in [0.29, 0.717) is 12.2 Å². The average molecular weight is 232 g/mol. The van der Waals surface area contributed by atoms with Gasteiger partial charge in [-0.3, -0.25) is 4.79 Å². The fraction of sp³-hybridized carbons (Fsp3) is 0.167. The summed E-state index contributed by atoms with van der Waals surface area (Å²) in [5.41, 5.74) is 0.974. The van der Waals surface area contributed by atoms with Gasteiger partial charge in [-0.05, 0) is 30.0 Å². The first-order valence-corrected chi connectivity index (χ1v) is 5.87. The lowest BCUT2D eigenvalue weighted by atomic mass is 10.2. The second-order valence-electron chi connectivity index (χ2n) is 3.47. The second-order valence-corrected chi connectivity index (χ2v) is 4.51. The van der Waals surface area contributed by atoms with E-state index < -0.39 is 0 Å². The van der Waals surface area contributed by atoms with Crippen LogP contribution < -0.4 is 5.32 Å². The molecule has 0 radical (unpaired) electrons. The van der Waals surface area contributed by atoms with Gasteiger partial charge in [0.05, 0.1) is 6.42 Å². The summed E-state index contributed by atoms with van der Waals surface area (Å²) in [7, 11) is 0. The van der Waals surface area contributed by atoms with Crippen molar-refractivity contribution in [1.29, 1.82) is 0 Å². The highest BCUT2D eigenvalue weighted by atomic mass is 32.1. The molecular weight excluding hydrogens is 220 g/mol. The summed E-state index contributed by atoms with van der Waals surface area (Å²) in [6.07, 6.45) is 2.08. The molecule has 1 amide bonds. The number of amides is 1. The third-order valence-electron chi connectivity index (χ3n) is 2.18. The van der Waals surface area contributed by atoms with Crippen molar-refractivity contribution >= 4 is 23.1 Å². The summed E-state index contributed by atoms with van der Waals surface area (Å²) in [6, 6.07) is 7.67. The van der Waals surface area contributed by atoms with Gasteiger partial charge in [0.2, 0.25) is 5.91 Å². The van der Waals surface area contributed by atoms with Gasteiger partial charge in [0.1, 0.15) is 5.82 Å². The number of aromatic nitrogens is 1. The van der Waals surface area contributed by atoms with Gasteiger partial charge in [-0.15, -0.1) is 11.3 Å². The molecule has 0 aromatic carbocycles. The molecule has 0 fully saturated rings. The van der Waals surface area contributed by atoms with Crippen LogP contribution in [0.1, 0.15) is 10.4 Å². The number of anilines is 1. The first-order chi connectivity index (χ1) is 7.75. The molecule has 0 unspecified atom stereocenters. The van der Waals surface area contributed by atoms with E-state index in [-0.39, 0.29) is 5.91 Å². The van der Waals surface area contributed by atoms with E-state index in [1.807, 2.05) is 36.6 Å². The number of pyridine rings is 1. The number of hydrogen-bond acceptors (Lipinski definition) is 3. The summed E-state index contributed by atoms with van der Waals surface area (Å²) in [6.45, 7) is 1.92. The van der Waals surface area contributed by atoms with Crippen LogP contribution in [0.4, 0.5) is 5.82 Å². The lowest BCUT2D eigenvalue weighted by Gasteiger charge is -2.05. The molecule has 2 heterocycles. The third-order valence-corrected chi connectivity index (χ3v) is 3.06. The molecule has 1 N–H and O–H groups in total. The highest BCUT2D eigenvalue weighted by Gasteiger charge is 2.06. The summed E-state index contributed by atoms with van der Waals surface area (Å²) < 4.78 is 0. The van der Waals surface area contributed by atoms with Crippen molar-refractivity contribution < 1.29 is 4.79 Å². The number of rotatable bonds is 3. The van der Waals surface area contributed by atoms with Crippen LogP contribution in [0, 0.1) is 6.92 Å². The first-order valence-electron chi connectivity index (χ1n) is 4.99. The molecule has 2 aromatic heterocycles. The number of nitrogens with zero attached hydrogens (tertiary/aromatic N) is 1. The van der Waals surface area contributed by atoms with Crippen LogP contribution in [-0.4, -0.2) is 10.9 Å². The van der Waals surface area contributed by atoms with Gasteiger partial charge < -0.3 is 5.32 Å². The van der Waals surface area contributed by atoms with E-state index >= 15 is 0 Å². The molecule has 0 atom stereocenters. The molecule has 0 bridgehead atoms. The molecule has 4 heteroatoms. The smallest absolute Gasteiger partial charge is 0.230 e. The Hall–Kier alpha value is -1.68. The summed E-state index contributed by atoms with van der Waals surface area (Å²) in [4.78, 5) is 16.9. The Labute approximate surface area is 98.2 Å². The van der Waals surface area contributed by atoms with E-state index in [9.17, 15) is 4.79 Å². The van der Waals surface area contributed by atoms with Crippen LogP contribution in [0.3, 0.4) is 0 Å². The molecule has 2 rings (SSSR count). The molecule has 2 aromatic rings. The summed E-state index contributed by atoms with van der Waals surface area (Å²) >= 11 is 1.58. The van der Waals surface area contributed by atoms with Gasteiger partial charge in [0, 0.05) is 11.1 Å². The van der Waals surface area contributed by atoms with Crippen molar-refractivity contribution in [3.63, 3.8) is 0 Å². The predicted octanol–water partition coefficient (Wildman–Crippen LogP) is 2.63. The second kappa shape index (κ2) is 4.90. The Morgan fingerprint density at radius 1 is 1.44 bits per heavy atom. The summed E-state index contributed by atoms with van der Waals surface area (Å²) in [5.74, 6) is 0.619. The molecular formula is C12H12N2OS. The van der Waals surface area contributed by atoms with Gasteiger partial charge >= 0.3 is 0 Å². The van der Waals surface area contributed by atoms with Crippen LogP contribution in [0.15, 0.2) is 35.8 Å². The first kappa shape index (κ1) is 10.8. The minimum absolute atomic E-state index is 0.0238. The maximum Gasteiger partial charge on any atom is 0.230 e. The van der Waals surface area contributed by atoms with Crippen molar-refractivity contribution in [3.8, 4) is 0 Å². The Morgan fingerprint density at radius 3 is 3.00 bits per heavy atom. The number of carbonyl (C=O) groups is 1. The van der Waals surface area contributed by atoms with Gasteiger partial charge in [0.25, 0.3) is 0 Å². The predicted molar refractivity (Wildman–Crippen MR) is 65.6 cm³/mol. The number of nitrogens with one attached hydrogen (secondary N) is 1. The maximum atomic E-state index is 11.7. The average Bonchev–Trinajstić information content (AvgIpc) is 2.74. The van der Waals surface area contributed by atoms with Crippen molar-refractivity contribution in [2.45, 2.75) is 13.3 Å². The van der Waals surface area contributed by atoms with Crippen molar-refractivity contribution in [1.82, 2.24) is 4.98 Å². The van der Waals surface area contributed by atoms with Crippen molar-refractivity contribution in [2.24, 2.45) is 0 Å². The lowest BCUT2D eigenvalue weighted by Crippen LogP contribution is -2.15. The SMILES string of the molecule is Cc1cccnc1NC(=O)Cc1cccs1. The Bertz CT molecular complexity index is 480. The van der Waals surface area contributed by atoms with Crippen LogP contribution in [0.25, 0.3) is 0 Å². The topological polar surface area (TPSA) is 42.0 Å². The number of thiophene rings is 1. The van der Waals surface area contributed by atoms with E-state index in [1.165, 1.54) is 0 Å². The monoisotopic (exact) mass is 232 g/mol. The zero-order valence-corrected chi connectivity index (χ0v) is 9.75. The Kier molecular flexibility index (Phi) is 3.31. The standard InChI is InChI=1S/C12H12N2OS/c1-9-4-2-6-13-12(9)14-11(15)8-10-5-3-7-16-10/h2-7H,8H2,1H3,(H,13,14,15). The molecule has 0 aliphatic carbocycles. The van der Waals surface area contributed by atoms with Crippen molar-refractivity contribution in [2.75, 3.05) is 5.32 Å². The molecule has 0 aliphatic rings. The molecule has 82 valence electrons. The molecule has 0 aliphatic heterocycles. The number of aryl methyl sites for hydroxylation is 1. The fourth-order valence-electron chi connectivity index (χ4n) is 1.36. The van der Waals surface area contributed by atoms with Gasteiger partial charge in [-0.2, -0.15) is 0 Å². The Morgan fingerprint density at radius 2 is 2.31 bits per heavy atom. The molecule has 0 saturated carbocycles. The van der Waals surface area contributed by atoms with Gasteiger partial charge in [-0.25, -0.2) is 4.98 Å². The van der Waals surface area contributed by atoms with E-state index in [1.54, 1.807) is 17.5 Å². The third kappa shape index (κ3) is 2.67. The number of hydrogen-bond donors (Lipinski definition) is 1. The maximum absolute atomic E-state index is 11.7. The molecule has 16 heavy (non-hydrogen) atoms. The highest BCUT2D eigenvalue weighted by Crippen LogP contribution is 2.12. The zero-order chi connectivity index (χ0) is 11.4. The minimum atomic E-state index is -0.0238. The molecule has 0 saturated heterocycles. The van der Waals surface area contributed by atoms with E-state index in [0.717, 1.165) is 10.4 Å². The zero-order valence-electron chi connectivity index (χ0n) is 8.93. The van der Waals surface area contributed by atoms with E-state index in [4.69, 9.17) is 0 Å². The van der Waals surface area contributed by atoms with Crippen LogP contribution in [0.5, 0.6) is 0 Å². The van der Waals surface area contributed by atoms with Gasteiger partial charge in [0.15, 0.2) is 0 Å². The van der Waals surface area contributed by atoms with Crippen molar-refractivity contribution in [3.05, 3.63) is 46.3 Å². The number of carbonyl (C=O) groups excluding carboxylic acids is 1. The van der Waals surface area contributed by atoms with Crippen LogP contribution in [0.2, 0.25) is 0 Å². The highest BCUT2D eigenvalue weighted by molar-refractivity contribution is 7.10. The largest absolute Gasteiger partial charge is 0.310 e. The van der Waals surface area contributed by atoms with Crippen LogP contribution in [-0.2, 0) is 11.2 Å². The normalized spacial score (nSPS) is 10.1. The fourth-order valence-corrected chi connectivity index (χ4v) is 2.07. The van der Waals surface area contributed by atoms with E-state index in [2.05, 4.69) is 10.3 Å². The molecule has 3 nitrogen and oxygen atoms in total. The summed E-state index contributed by atoms with van der Waals surface area (Å²) in [5, 5.41) is 4.77.